The van der Waals surface area contributed by atoms with E-state index in [9.17, 15) is 9.59 Å². The highest BCUT2D eigenvalue weighted by Crippen LogP contribution is 2.35. The minimum atomic E-state index is -0.522. The van der Waals surface area contributed by atoms with Crippen molar-refractivity contribution in [3.63, 3.8) is 0 Å². The van der Waals surface area contributed by atoms with Gasteiger partial charge < -0.3 is 14.3 Å². The molecule has 2 aliphatic heterocycles. The highest BCUT2D eigenvalue weighted by atomic mass is 16.8. The van der Waals surface area contributed by atoms with Gasteiger partial charge in [0.1, 0.15) is 12.7 Å². The smallest absolute Gasteiger partial charge is 0.334 e. The van der Waals surface area contributed by atoms with E-state index in [1.165, 1.54) is 0 Å². The number of hydrogen-bond donors (Lipinski definition) is 0. The summed E-state index contributed by atoms with van der Waals surface area (Å²) in [6, 6.07) is 0. The molecule has 6 heteroatoms. The Morgan fingerprint density at radius 2 is 2.47 bits per heavy atom. The van der Waals surface area contributed by atoms with Gasteiger partial charge in [0, 0.05) is 6.42 Å². The summed E-state index contributed by atoms with van der Waals surface area (Å²) in [4.78, 5) is 27.8. The van der Waals surface area contributed by atoms with Crippen LogP contribution in [0.25, 0.3) is 0 Å². The second-order valence-electron chi connectivity index (χ2n) is 3.79. The average Bonchev–Trinajstić information content (AvgIpc) is 3.08. The second-order valence-corrected chi connectivity index (χ2v) is 3.79. The van der Waals surface area contributed by atoms with E-state index >= 15 is 0 Å². The van der Waals surface area contributed by atoms with Crippen LogP contribution in [0.1, 0.15) is 19.3 Å². The SMILES string of the molecule is C#CCOCCC(=O)ON1C(=O)CCC2OC21. The third-order valence-corrected chi connectivity index (χ3v) is 2.51. The highest BCUT2D eigenvalue weighted by molar-refractivity contribution is 5.79. The van der Waals surface area contributed by atoms with Crippen LogP contribution in [0.2, 0.25) is 0 Å². The van der Waals surface area contributed by atoms with Crippen molar-refractivity contribution >= 4 is 11.9 Å². The molecule has 2 aliphatic rings. The van der Waals surface area contributed by atoms with E-state index in [0.717, 1.165) is 5.06 Å². The molecule has 0 saturated carbocycles. The van der Waals surface area contributed by atoms with Crippen molar-refractivity contribution < 1.29 is 23.9 Å². The number of ether oxygens (including phenoxy) is 2. The minimum absolute atomic E-state index is 0.0261. The Hall–Kier alpha value is -1.58. The summed E-state index contributed by atoms with van der Waals surface area (Å²) >= 11 is 0. The molecule has 0 aromatic carbocycles. The molecule has 0 aromatic heterocycles. The first kappa shape index (κ1) is 11.9. The lowest BCUT2D eigenvalue weighted by molar-refractivity contribution is -0.208. The number of hydroxylamine groups is 2. The van der Waals surface area contributed by atoms with Crippen LogP contribution in [-0.2, 0) is 23.9 Å². The number of terminal acetylenes is 1. The quantitative estimate of drug-likeness (QED) is 0.378. The van der Waals surface area contributed by atoms with Gasteiger partial charge in [-0.2, -0.15) is 0 Å². The van der Waals surface area contributed by atoms with Gasteiger partial charge in [0.25, 0.3) is 5.91 Å². The van der Waals surface area contributed by atoms with Gasteiger partial charge in [-0.05, 0) is 6.42 Å². The van der Waals surface area contributed by atoms with Crippen molar-refractivity contribution in [3.8, 4) is 12.3 Å². The van der Waals surface area contributed by atoms with Crippen LogP contribution in [0.15, 0.2) is 0 Å². The lowest BCUT2D eigenvalue weighted by atomic mass is 10.1. The van der Waals surface area contributed by atoms with Crippen molar-refractivity contribution in [2.45, 2.75) is 31.6 Å². The Morgan fingerprint density at radius 1 is 1.65 bits per heavy atom. The van der Waals surface area contributed by atoms with Crippen LogP contribution in [0.5, 0.6) is 0 Å². The molecule has 2 rings (SSSR count). The van der Waals surface area contributed by atoms with Crippen LogP contribution >= 0.6 is 0 Å². The van der Waals surface area contributed by atoms with Crippen LogP contribution in [0.4, 0.5) is 0 Å². The summed E-state index contributed by atoms with van der Waals surface area (Å²) in [5.41, 5.74) is 0. The van der Waals surface area contributed by atoms with Crippen LogP contribution in [0.3, 0.4) is 0 Å². The Morgan fingerprint density at radius 3 is 3.24 bits per heavy atom. The van der Waals surface area contributed by atoms with E-state index in [-0.39, 0.29) is 37.9 Å². The molecule has 0 bridgehead atoms. The zero-order valence-corrected chi connectivity index (χ0v) is 9.26. The fourth-order valence-electron chi connectivity index (χ4n) is 1.61. The van der Waals surface area contributed by atoms with Gasteiger partial charge in [0.15, 0.2) is 6.23 Å². The number of nitrogens with zero attached hydrogens (tertiary/aromatic N) is 1. The van der Waals surface area contributed by atoms with E-state index in [1.807, 2.05) is 0 Å². The molecule has 2 atom stereocenters. The Balaban J connectivity index is 1.71. The monoisotopic (exact) mass is 239 g/mol. The molecule has 0 radical (unpaired) electrons. The van der Waals surface area contributed by atoms with Gasteiger partial charge in [-0.25, -0.2) is 4.79 Å². The van der Waals surface area contributed by atoms with Crippen molar-refractivity contribution in [2.75, 3.05) is 13.2 Å². The van der Waals surface area contributed by atoms with E-state index < -0.39 is 5.97 Å². The van der Waals surface area contributed by atoms with Crippen LogP contribution in [-0.4, -0.2) is 42.5 Å². The molecule has 0 spiro atoms. The molecule has 0 N–H and O–H groups in total. The fourth-order valence-corrected chi connectivity index (χ4v) is 1.61. The minimum Gasteiger partial charge on any atom is -0.368 e. The molecular weight excluding hydrogens is 226 g/mol. The van der Waals surface area contributed by atoms with Gasteiger partial charge in [0.05, 0.1) is 13.0 Å². The average molecular weight is 239 g/mol. The first-order chi connectivity index (χ1) is 8.22. The molecule has 2 saturated heterocycles. The van der Waals surface area contributed by atoms with Gasteiger partial charge in [0.2, 0.25) is 0 Å². The van der Waals surface area contributed by atoms with E-state index in [2.05, 4.69) is 5.92 Å². The highest BCUT2D eigenvalue weighted by Gasteiger charge is 2.51. The molecule has 1 amide bonds. The predicted octanol–water partition coefficient (Wildman–Crippen LogP) is -0.168. The number of carbonyl (C=O) groups is 2. The number of fused-ring (bicyclic) bond motifs is 1. The summed E-state index contributed by atoms with van der Waals surface area (Å²) in [5.74, 6) is 1.54. The summed E-state index contributed by atoms with van der Waals surface area (Å²) in [5, 5.41) is 1.03. The number of carbonyl (C=O) groups excluding carboxylic acids is 2. The number of epoxide rings is 1. The first-order valence-corrected chi connectivity index (χ1v) is 5.42. The molecule has 0 aromatic rings. The summed E-state index contributed by atoms with van der Waals surface area (Å²) in [6.45, 7) is 0.337. The largest absolute Gasteiger partial charge is 0.368 e. The Labute approximate surface area is 98.8 Å². The second kappa shape index (κ2) is 5.17. The third-order valence-electron chi connectivity index (χ3n) is 2.51. The molecule has 92 valence electrons. The molecule has 2 fully saturated rings. The zero-order valence-electron chi connectivity index (χ0n) is 9.26. The predicted molar refractivity (Wildman–Crippen MR) is 55.1 cm³/mol. The summed E-state index contributed by atoms with van der Waals surface area (Å²) < 4.78 is 10.1. The van der Waals surface area contributed by atoms with E-state index in [4.69, 9.17) is 20.7 Å². The molecule has 2 heterocycles. The maximum atomic E-state index is 11.5. The molecular formula is C11H13NO5. The van der Waals surface area contributed by atoms with E-state index in [1.54, 1.807) is 0 Å². The number of piperidine rings is 1. The molecule has 2 unspecified atom stereocenters. The number of hydrogen-bond acceptors (Lipinski definition) is 5. The first-order valence-electron chi connectivity index (χ1n) is 5.42. The standard InChI is InChI=1S/C11H13NO5/c1-2-6-15-7-5-10(14)17-12-9(13)4-3-8-11(12)16-8/h1,8,11H,3-7H2. The summed E-state index contributed by atoms with van der Waals surface area (Å²) in [7, 11) is 0. The number of rotatable bonds is 5. The van der Waals surface area contributed by atoms with Crippen LogP contribution in [0, 0.1) is 12.3 Å². The van der Waals surface area contributed by atoms with Gasteiger partial charge >= 0.3 is 5.97 Å². The molecule has 17 heavy (non-hydrogen) atoms. The number of amides is 1. The third kappa shape index (κ3) is 2.96. The lowest BCUT2D eigenvalue weighted by Gasteiger charge is -2.21. The Kier molecular flexibility index (Phi) is 3.61. The Bertz CT molecular complexity index is 361. The zero-order chi connectivity index (χ0) is 12.3. The van der Waals surface area contributed by atoms with E-state index in [0.29, 0.717) is 12.8 Å². The normalized spacial score (nSPS) is 26.1. The van der Waals surface area contributed by atoms with Crippen molar-refractivity contribution in [1.29, 1.82) is 0 Å². The van der Waals surface area contributed by atoms with Crippen molar-refractivity contribution in [3.05, 3.63) is 0 Å². The molecule has 0 aliphatic carbocycles. The summed E-state index contributed by atoms with van der Waals surface area (Å²) in [6.07, 6.45) is 5.72. The van der Waals surface area contributed by atoms with Gasteiger partial charge in [-0.15, -0.1) is 11.5 Å². The van der Waals surface area contributed by atoms with Crippen molar-refractivity contribution in [2.24, 2.45) is 0 Å². The topological polar surface area (TPSA) is 68.4 Å². The maximum Gasteiger partial charge on any atom is 0.334 e. The fraction of sp³-hybridized carbons (Fsp3) is 0.636. The van der Waals surface area contributed by atoms with Gasteiger partial charge in [-0.1, -0.05) is 5.92 Å². The maximum absolute atomic E-state index is 11.5. The van der Waals surface area contributed by atoms with Crippen molar-refractivity contribution in [1.82, 2.24) is 5.06 Å². The van der Waals surface area contributed by atoms with Crippen LogP contribution < -0.4 is 0 Å². The van der Waals surface area contributed by atoms with Gasteiger partial charge in [-0.3, -0.25) is 4.79 Å². The lowest BCUT2D eigenvalue weighted by Crippen LogP contribution is -2.40. The molecule has 6 nitrogen and oxygen atoms in total.